The molecule has 0 atom stereocenters. The van der Waals surface area contributed by atoms with Gasteiger partial charge in [0.25, 0.3) is 5.69 Å². The minimum absolute atomic E-state index is 0.0405. The number of halogens is 2. The van der Waals surface area contributed by atoms with Crippen LogP contribution in [0.15, 0.2) is 34.7 Å². The van der Waals surface area contributed by atoms with Gasteiger partial charge in [0, 0.05) is 23.9 Å². The van der Waals surface area contributed by atoms with Gasteiger partial charge in [0.2, 0.25) is 5.89 Å². The highest BCUT2D eigenvalue weighted by Crippen LogP contribution is 2.34. The molecule has 0 saturated heterocycles. The minimum atomic E-state index is -0.557. The third-order valence-corrected chi connectivity index (χ3v) is 3.17. The van der Waals surface area contributed by atoms with Crippen molar-refractivity contribution in [1.82, 2.24) is 4.98 Å². The number of benzene rings is 2. The molecule has 2 aromatic carbocycles. The Morgan fingerprint density at radius 3 is 2.81 bits per heavy atom. The van der Waals surface area contributed by atoms with E-state index in [1.54, 1.807) is 0 Å². The van der Waals surface area contributed by atoms with Gasteiger partial charge in [-0.25, -0.2) is 9.37 Å². The van der Waals surface area contributed by atoms with Crippen molar-refractivity contribution in [2.45, 2.75) is 0 Å². The highest BCUT2D eigenvalue weighted by molar-refractivity contribution is 6.34. The second kappa shape index (κ2) is 4.71. The van der Waals surface area contributed by atoms with Crippen LogP contribution in [0.4, 0.5) is 15.8 Å². The molecule has 0 bridgehead atoms. The van der Waals surface area contributed by atoms with Gasteiger partial charge in [0.1, 0.15) is 11.3 Å². The molecule has 0 aliphatic heterocycles. The van der Waals surface area contributed by atoms with E-state index in [1.165, 1.54) is 18.2 Å². The number of oxazole rings is 1. The van der Waals surface area contributed by atoms with Crippen molar-refractivity contribution in [3.05, 3.63) is 51.3 Å². The number of nitrogen functional groups attached to an aromatic ring is 1. The minimum Gasteiger partial charge on any atom is -0.434 e. The van der Waals surface area contributed by atoms with Crippen molar-refractivity contribution >= 4 is 34.1 Å². The van der Waals surface area contributed by atoms with Gasteiger partial charge in [-0.2, -0.15) is 0 Å². The average molecular weight is 308 g/mol. The second-order valence-corrected chi connectivity index (χ2v) is 4.69. The molecule has 0 fully saturated rings. The zero-order chi connectivity index (χ0) is 15.1. The summed E-state index contributed by atoms with van der Waals surface area (Å²) >= 11 is 5.87. The molecule has 0 aliphatic rings. The maximum absolute atomic E-state index is 13.3. The summed E-state index contributed by atoms with van der Waals surface area (Å²) in [5.41, 5.74) is 6.53. The zero-order valence-electron chi connectivity index (χ0n) is 10.3. The number of hydrogen-bond donors (Lipinski definition) is 1. The number of hydrogen-bond acceptors (Lipinski definition) is 5. The molecule has 3 aromatic rings. The number of nitrogens with two attached hydrogens (primary N) is 1. The molecule has 106 valence electrons. The van der Waals surface area contributed by atoms with Gasteiger partial charge in [-0.3, -0.25) is 10.1 Å². The van der Waals surface area contributed by atoms with E-state index < -0.39 is 10.7 Å². The lowest BCUT2D eigenvalue weighted by molar-refractivity contribution is -0.384. The van der Waals surface area contributed by atoms with E-state index in [1.807, 2.05) is 0 Å². The van der Waals surface area contributed by atoms with Gasteiger partial charge < -0.3 is 10.2 Å². The van der Waals surface area contributed by atoms with Crippen LogP contribution in [0.3, 0.4) is 0 Å². The summed E-state index contributed by atoms with van der Waals surface area (Å²) in [5.74, 6) is -0.516. The van der Waals surface area contributed by atoms with E-state index >= 15 is 0 Å². The molecule has 1 aromatic heterocycles. The zero-order valence-corrected chi connectivity index (χ0v) is 11.1. The maximum atomic E-state index is 13.3. The number of anilines is 1. The van der Waals surface area contributed by atoms with Gasteiger partial charge in [-0.15, -0.1) is 0 Å². The average Bonchev–Trinajstić information content (AvgIpc) is 2.82. The molecule has 2 N–H and O–H groups in total. The summed E-state index contributed by atoms with van der Waals surface area (Å²) in [5, 5.41) is 10.9. The standard InChI is InChI=1S/C13H7ClFN3O3/c14-9-3-6(15)4-11-12(9)21-13(17-11)8-5-7(18(19)20)1-2-10(8)16/h1-5H,16H2. The van der Waals surface area contributed by atoms with Crippen molar-refractivity contribution < 1.29 is 13.7 Å². The van der Waals surface area contributed by atoms with Crippen LogP contribution in [0.1, 0.15) is 0 Å². The van der Waals surface area contributed by atoms with E-state index in [0.29, 0.717) is 0 Å². The fourth-order valence-electron chi connectivity index (χ4n) is 1.92. The summed E-state index contributed by atoms with van der Waals surface area (Å²) in [6.07, 6.45) is 0. The van der Waals surface area contributed by atoms with Crippen LogP contribution in [-0.2, 0) is 0 Å². The van der Waals surface area contributed by atoms with E-state index in [2.05, 4.69) is 4.98 Å². The van der Waals surface area contributed by atoms with Crippen LogP contribution in [0, 0.1) is 15.9 Å². The predicted molar refractivity (Wildman–Crippen MR) is 75.5 cm³/mol. The Labute approximate surface area is 122 Å². The van der Waals surface area contributed by atoms with Gasteiger partial charge in [-0.05, 0) is 12.1 Å². The van der Waals surface area contributed by atoms with Gasteiger partial charge in [0.05, 0.1) is 15.5 Å². The normalized spacial score (nSPS) is 11.0. The summed E-state index contributed by atoms with van der Waals surface area (Å²) in [6, 6.07) is 6.14. The van der Waals surface area contributed by atoms with Crippen molar-refractivity contribution in [2.75, 3.05) is 5.73 Å². The number of nitro groups is 1. The maximum Gasteiger partial charge on any atom is 0.270 e. The second-order valence-electron chi connectivity index (χ2n) is 4.28. The van der Waals surface area contributed by atoms with E-state index in [9.17, 15) is 14.5 Å². The predicted octanol–water partition coefficient (Wildman–Crippen LogP) is 3.78. The number of rotatable bonds is 2. The fourth-order valence-corrected chi connectivity index (χ4v) is 2.16. The van der Waals surface area contributed by atoms with Crippen LogP contribution in [0.5, 0.6) is 0 Å². The van der Waals surface area contributed by atoms with Crippen molar-refractivity contribution in [1.29, 1.82) is 0 Å². The Morgan fingerprint density at radius 2 is 2.10 bits per heavy atom. The molecule has 6 nitrogen and oxygen atoms in total. The Morgan fingerprint density at radius 1 is 1.33 bits per heavy atom. The van der Waals surface area contributed by atoms with Crippen LogP contribution < -0.4 is 5.73 Å². The molecule has 21 heavy (non-hydrogen) atoms. The SMILES string of the molecule is Nc1ccc([N+](=O)[O-])cc1-c1nc2cc(F)cc(Cl)c2o1. The van der Waals surface area contributed by atoms with E-state index in [-0.39, 0.29) is 39.0 Å². The molecule has 0 saturated carbocycles. The van der Waals surface area contributed by atoms with E-state index in [0.717, 1.165) is 12.1 Å². The molecular weight excluding hydrogens is 301 g/mol. The Bertz CT molecular complexity index is 878. The van der Waals surface area contributed by atoms with Gasteiger partial charge in [0.15, 0.2) is 5.58 Å². The molecule has 0 spiro atoms. The number of non-ortho nitro benzene ring substituents is 1. The van der Waals surface area contributed by atoms with E-state index in [4.69, 9.17) is 21.8 Å². The first-order valence-corrected chi connectivity index (χ1v) is 6.13. The van der Waals surface area contributed by atoms with Crippen molar-refractivity contribution in [3.63, 3.8) is 0 Å². The van der Waals surface area contributed by atoms with Crippen molar-refractivity contribution in [2.24, 2.45) is 0 Å². The molecule has 0 amide bonds. The number of fused-ring (bicyclic) bond motifs is 1. The van der Waals surface area contributed by atoms with Gasteiger partial charge >= 0.3 is 0 Å². The van der Waals surface area contributed by atoms with Crippen LogP contribution in [0.2, 0.25) is 5.02 Å². The third-order valence-electron chi connectivity index (χ3n) is 2.89. The topological polar surface area (TPSA) is 95.2 Å². The van der Waals surface area contributed by atoms with Gasteiger partial charge in [-0.1, -0.05) is 11.6 Å². The highest BCUT2D eigenvalue weighted by Gasteiger charge is 2.17. The Hall–Kier alpha value is -2.67. The van der Waals surface area contributed by atoms with Crippen LogP contribution in [-0.4, -0.2) is 9.91 Å². The molecular formula is C13H7ClFN3O3. The monoisotopic (exact) mass is 307 g/mol. The first-order chi connectivity index (χ1) is 9.95. The first kappa shape index (κ1) is 13.3. The summed E-state index contributed by atoms with van der Waals surface area (Å²) in [7, 11) is 0. The molecule has 3 rings (SSSR count). The molecule has 0 radical (unpaired) electrons. The number of nitrogens with zero attached hydrogens (tertiary/aromatic N) is 2. The summed E-state index contributed by atoms with van der Waals surface area (Å²) in [4.78, 5) is 14.3. The van der Waals surface area contributed by atoms with Crippen molar-refractivity contribution in [3.8, 4) is 11.5 Å². The Kier molecular flexibility index (Phi) is 2.99. The Balaban J connectivity index is 2.23. The quantitative estimate of drug-likeness (QED) is 0.441. The molecule has 0 unspecified atom stereocenters. The summed E-state index contributed by atoms with van der Waals surface area (Å²) < 4.78 is 18.7. The largest absolute Gasteiger partial charge is 0.434 e. The molecule has 1 heterocycles. The fraction of sp³-hybridized carbons (Fsp3) is 0. The molecule has 8 heteroatoms. The smallest absolute Gasteiger partial charge is 0.270 e. The summed E-state index contributed by atoms with van der Waals surface area (Å²) in [6.45, 7) is 0. The lowest BCUT2D eigenvalue weighted by Gasteiger charge is -2.00. The van der Waals surface area contributed by atoms with Crippen LogP contribution in [0.25, 0.3) is 22.6 Å². The lowest BCUT2D eigenvalue weighted by Crippen LogP contribution is -1.93. The first-order valence-electron chi connectivity index (χ1n) is 5.75. The van der Waals surface area contributed by atoms with Crippen LogP contribution >= 0.6 is 11.6 Å². The lowest BCUT2D eigenvalue weighted by atomic mass is 10.1. The number of nitro benzene ring substituents is 1. The third kappa shape index (κ3) is 2.27. The molecule has 0 aliphatic carbocycles. The highest BCUT2D eigenvalue weighted by atomic mass is 35.5. The number of aromatic nitrogens is 1.